The lowest BCUT2D eigenvalue weighted by Crippen LogP contribution is -2.21. The molecule has 0 amide bonds. The van der Waals surface area contributed by atoms with Crippen LogP contribution >= 0.6 is 0 Å². The van der Waals surface area contributed by atoms with Crippen LogP contribution < -0.4 is 11.1 Å². The molecule has 0 aliphatic heterocycles. The SMILES string of the molecule is Nc1cccc(NCC(O)C2CC2)c1. The minimum Gasteiger partial charge on any atom is -0.399 e. The summed E-state index contributed by atoms with van der Waals surface area (Å²) < 4.78 is 0. The summed E-state index contributed by atoms with van der Waals surface area (Å²) in [6.07, 6.45) is 2.12. The number of rotatable bonds is 4. The lowest BCUT2D eigenvalue weighted by atomic mass is 10.2. The van der Waals surface area contributed by atoms with Gasteiger partial charge in [0.1, 0.15) is 0 Å². The van der Waals surface area contributed by atoms with E-state index in [-0.39, 0.29) is 6.10 Å². The Labute approximate surface area is 83.9 Å². The molecule has 1 fully saturated rings. The fraction of sp³-hybridized carbons (Fsp3) is 0.455. The lowest BCUT2D eigenvalue weighted by Gasteiger charge is -2.11. The summed E-state index contributed by atoms with van der Waals surface area (Å²) in [5.41, 5.74) is 7.36. The number of hydrogen-bond donors (Lipinski definition) is 3. The van der Waals surface area contributed by atoms with Crippen molar-refractivity contribution in [2.45, 2.75) is 18.9 Å². The van der Waals surface area contributed by atoms with Gasteiger partial charge in [-0.15, -0.1) is 0 Å². The smallest absolute Gasteiger partial charge is 0.0740 e. The van der Waals surface area contributed by atoms with Gasteiger partial charge in [-0.05, 0) is 37.0 Å². The van der Waals surface area contributed by atoms with Gasteiger partial charge in [0, 0.05) is 17.9 Å². The fourth-order valence-electron chi connectivity index (χ4n) is 1.52. The van der Waals surface area contributed by atoms with Crippen LogP contribution in [0.1, 0.15) is 12.8 Å². The Morgan fingerprint density at radius 1 is 1.50 bits per heavy atom. The number of nitrogens with one attached hydrogen (secondary N) is 1. The van der Waals surface area contributed by atoms with E-state index in [1.165, 1.54) is 12.8 Å². The molecule has 1 saturated carbocycles. The summed E-state index contributed by atoms with van der Waals surface area (Å²) >= 11 is 0. The van der Waals surface area contributed by atoms with E-state index in [1.54, 1.807) is 0 Å². The lowest BCUT2D eigenvalue weighted by molar-refractivity contribution is 0.164. The molecule has 1 atom stereocenters. The fourth-order valence-corrected chi connectivity index (χ4v) is 1.52. The highest BCUT2D eigenvalue weighted by Gasteiger charge is 2.29. The van der Waals surface area contributed by atoms with E-state index in [4.69, 9.17) is 5.73 Å². The molecule has 1 aliphatic rings. The van der Waals surface area contributed by atoms with Crippen LogP contribution in [0.15, 0.2) is 24.3 Å². The molecule has 1 unspecified atom stereocenters. The molecule has 0 bridgehead atoms. The van der Waals surface area contributed by atoms with Crippen molar-refractivity contribution in [1.82, 2.24) is 0 Å². The maximum Gasteiger partial charge on any atom is 0.0740 e. The number of anilines is 2. The van der Waals surface area contributed by atoms with Crippen LogP contribution in [-0.2, 0) is 0 Å². The van der Waals surface area contributed by atoms with Crippen LogP contribution in [-0.4, -0.2) is 17.8 Å². The van der Waals surface area contributed by atoms with Crippen LogP contribution in [0, 0.1) is 5.92 Å². The molecule has 3 heteroatoms. The first kappa shape index (κ1) is 9.34. The molecule has 76 valence electrons. The van der Waals surface area contributed by atoms with Crippen LogP contribution in [0.4, 0.5) is 11.4 Å². The van der Waals surface area contributed by atoms with Crippen LogP contribution in [0.25, 0.3) is 0 Å². The molecule has 0 radical (unpaired) electrons. The van der Waals surface area contributed by atoms with Crippen LogP contribution in [0.3, 0.4) is 0 Å². The van der Waals surface area contributed by atoms with E-state index in [9.17, 15) is 5.11 Å². The number of hydrogen-bond acceptors (Lipinski definition) is 3. The maximum atomic E-state index is 9.63. The first-order chi connectivity index (χ1) is 6.75. The highest BCUT2D eigenvalue weighted by atomic mass is 16.3. The van der Waals surface area contributed by atoms with E-state index in [1.807, 2.05) is 24.3 Å². The topological polar surface area (TPSA) is 58.3 Å². The average molecular weight is 192 g/mol. The van der Waals surface area contributed by atoms with Crippen molar-refractivity contribution in [2.75, 3.05) is 17.6 Å². The molecular weight excluding hydrogens is 176 g/mol. The third kappa shape index (κ3) is 2.39. The van der Waals surface area contributed by atoms with E-state index in [0.29, 0.717) is 12.5 Å². The van der Waals surface area contributed by atoms with Crippen LogP contribution in [0.5, 0.6) is 0 Å². The molecule has 1 aliphatic carbocycles. The Bertz CT molecular complexity index is 310. The first-order valence-corrected chi connectivity index (χ1v) is 5.03. The highest BCUT2D eigenvalue weighted by Crippen LogP contribution is 2.32. The summed E-state index contributed by atoms with van der Waals surface area (Å²) in [7, 11) is 0. The second-order valence-electron chi connectivity index (χ2n) is 3.91. The monoisotopic (exact) mass is 192 g/mol. The molecule has 0 spiro atoms. The average Bonchev–Trinajstić information content (AvgIpc) is 2.97. The zero-order valence-electron chi connectivity index (χ0n) is 8.11. The minimum atomic E-state index is -0.212. The van der Waals surface area contributed by atoms with Gasteiger partial charge in [-0.1, -0.05) is 6.07 Å². The number of nitrogen functional groups attached to an aromatic ring is 1. The first-order valence-electron chi connectivity index (χ1n) is 5.03. The van der Waals surface area contributed by atoms with E-state index in [0.717, 1.165) is 11.4 Å². The van der Waals surface area contributed by atoms with Gasteiger partial charge in [-0.3, -0.25) is 0 Å². The van der Waals surface area contributed by atoms with Gasteiger partial charge >= 0.3 is 0 Å². The Hall–Kier alpha value is -1.22. The Kier molecular flexibility index (Phi) is 2.59. The summed E-state index contributed by atoms with van der Waals surface area (Å²) in [6, 6.07) is 7.58. The Morgan fingerprint density at radius 2 is 2.29 bits per heavy atom. The standard InChI is InChI=1S/C11H16N2O/c12-9-2-1-3-10(6-9)13-7-11(14)8-4-5-8/h1-3,6,8,11,13-14H,4-5,7,12H2. The summed E-state index contributed by atoms with van der Waals surface area (Å²) in [6.45, 7) is 0.619. The van der Waals surface area contributed by atoms with Crippen molar-refractivity contribution < 1.29 is 5.11 Å². The van der Waals surface area contributed by atoms with Gasteiger partial charge in [-0.2, -0.15) is 0 Å². The quantitative estimate of drug-likeness (QED) is 0.633. The van der Waals surface area contributed by atoms with Crippen molar-refractivity contribution in [3.63, 3.8) is 0 Å². The summed E-state index contributed by atoms with van der Waals surface area (Å²) in [4.78, 5) is 0. The number of aliphatic hydroxyl groups excluding tert-OH is 1. The molecule has 1 aromatic carbocycles. The molecule has 1 aromatic rings. The predicted molar refractivity (Wildman–Crippen MR) is 58.1 cm³/mol. The molecule has 0 heterocycles. The maximum absolute atomic E-state index is 9.63. The summed E-state index contributed by atoms with van der Waals surface area (Å²) in [5.74, 6) is 0.517. The van der Waals surface area contributed by atoms with Gasteiger partial charge < -0.3 is 16.2 Å². The van der Waals surface area contributed by atoms with Gasteiger partial charge in [0.05, 0.1) is 6.10 Å². The van der Waals surface area contributed by atoms with Gasteiger partial charge in [-0.25, -0.2) is 0 Å². The largest absolute Gasteiger partial charge is 0.399 e. The third-order valence-electron chi connectivity index (χ3n) is 2.57. The molecule has 0 saturated heterocycles. The minimum absolute atomic E-state index is 0.212. The van der Waals surface area contributed by atoms with Gasteiger partial charge in [0.2, 0.25) is 0 Å². The number of nitrogens with two attached hydrogens (primary N) is 1. The molecule has 4 N–H and O–H groups in total. The normalized spacial score (nSPS) is 17.8. The Morgan fingerprint density at radius 3 is 2.93 bits per heavy atom. The van der Waals surface area contributed by atoms with E-state index >= 15 is 0 Å². The number of aliphatic hydroxyl groups is 1. The van der Waals surface area contributed by atoms with Crippen molar-refractivity contribution in [3.8, 4) is 0 Å². The van der Waals surface area contributed by atoms with Crippen molar-refractivity contribution >= 4 is 11.4 Å². The highest BCUT2D eigenvalue weighted by molar-refractivity contribution is 5.54. The van der Waals surface area contributed by atoms with Gasteiger partial charge in [0.25, 0.3) is 0 Å². The second-order valence-corrected chi connectivity index (χ2v) is 3.91. The third-order valence-corrected chi connectivity index (χ3v) is 2.57. The van der Waals surface area contributed by atoms with Gasteiger partial charge in [0.15, 0.2) is 0 Å². The molecule has 3 nitrogen and oxygen atoms in total. The molecule has 14 heavy (non-hydrogen) atoms. The second kappa shape index (κ2) is 3.88. The zero-order valence-corrected chi connectivity index (χ0v) is 8.11. The predicted octanol–water partition coefficient (Wildman–Crippen LogP) is 1.45. The molecule has 0 aromatic heterocycles. The van der Waals surface area contributed by atoms with Crippen molar-refractivity contribution in [3.05, 3.63) is 24.3 Å². The van der Waals surface area contributed by atoms with E-state index < -0.39 is 0 Å². The zero-order chi connectivity index (χ0) is 9.97. The van der Waals surface area contributed by atoms with Crippen molar-refractivity contribution in [1.29, 1.82) is 0 Å². The van der Waals surface area contributed by atoms with E-state index in [2.05, 4.69) is 5.32 Å². The number of benzene rings is 1. The Balaban J connectivity index is 1.84. The van der Waals surface area contributed by atoms with Crippen LogP contribution in [0.2, 0.25) is 0 Å². The molecule has 2 rings (SSSR count). The summed E-state index contributed by atoms with van der Waals surface area (Å²) in [5, 5.41) is 12.8. The molecular formula is C11H16N2O. The van der Waals surface area contributed by atoms with Crippen molar-refractivity contribution in [2.24, 2.45) is 5.92 Å².